The van der Waals surface area contributed by atoms with Gasteiger partial charge in [0, 0.05) is 18.1 Å². The van der Waals surface area contributed by atoms with E-state index in [9.17, 15) is 4.79 Å². The molecule has 0 aliphatic rings. The highest BCUT2D eigenvalue weighted by atomic mass is 32.2. The predicted molar refractivity (Wildman–Crippen MR) is 54.1 cm³/mol. The summed E-state index contributed by atoms with van der Waals surface area (Å²) in [6.45, 7) is 3.19. The van der Waals surface area contributed by atoms with Gasteiger partial charge in [0.15, 0.2) is 0 Å². The Morgan fingerprint density at radius 1 is 1.54 bits per heavy atom. The van der Waals surface area contributed by atoms with E-state index in [1.54, 1.807) is 11.8 Å². The second-order valence-corrected chi connectivity index (χ2v) is 3.62. The van der Waals surface area contributed by atoms with E-state index in [0.29, 0.717) is 18.9 Å². The highest BCUT2D eigenvalue weighted by molar-refractivity contribution is 7.99. The molecule has 0 aromatic heterocycles. The molecule has 2 N–H and O–H groups in total. The second kappa shape index (κ2) is 9.67. The lowest BCUT2D eigenvalue weighted by Gasteiger charge is -2.04. The van der Waals surface area contributed by atoms with E-state index in [0.717, 1.165) is 12.2 Å². The van der Waals surface area contributed by atoms with Crippen molar-refractivity contribution in [2.75, 3.05) is 31.3 Å². The van der Waals surface area contributed by atoms with E-state index in [2.05, 4.69) is 5.32 Å². The third-order valence-electron chi connectivity index (χ3n) is 1.19. The van der Waals surface area contributed by atoms with Crippen molar-refractivity contribution in [2.24, 2.45) is 0 Å². The van der Waals surface area contributed by atoms with Gasteiger partial charge in [-0.05, 0) is 6.42 Å². The van der Waals surface area contributed by atoms with Gasteiger partial charge in [-0.15, -0.1) is 0 Å². The van der Waals surface area contributed by atoms with Gasteiger partial charge >= 0.3 is 6.09 Å². The summed E-state index contributed by atoms with van der Waals surface area (Å²) in [6, 6.07) is 0. The van der Waals surface area contributed by atoms with Gasteiger partial charge in [-0.25, -0.2) is 4.79 Å². The van der Waals surface area contributed by atoms with Gasteiger partial charge in [0.25, 0.3) is 0 Å². The number of carbonyl (C=O) groups is 1. The van der Waals surface area contributed by atoms with Crippen molar-refractivity contribution in [3.63, 3.8) is 0 Å². The molecule has 13 heavy (non-hydrogen) atoms. The molecule has 0 atom stereocenters. The zero-order valence-corrected chi connectivity index (χ0v) is 8.73. The maximum atomic E-state index is 10.8. The molecule has 0 heterocycles. The molecule has 4 nitrogen and oxygen atoms in total. The minimum atomic E-state index is -0.355. The Bertz CT molecular complexity index is 133. The average molecular weight is 207 g/mol. The third kappa shape index (κ3) is 9.49. The summed E-state index contributed by atoms with van der Waals surface area (Å²) in [4.78, 5) is 10.8. The number of amides is 1. The standard InChI is InChI=1S/C8H17NO3S/c1-2-5-12-8(11)9-3-6-13-7-4-10/h10H,2-7H2,1H3,(H,9,11). The minimum absolute atomic E-state index is 0.185. The van der Waals surface area contributed by atoms with Crippen molar-refractivity contribution in [1.82, 2.24) is 5.32 Å². The summed E-state index contributed by atoms with van der Waals surface area (Å²) in [5, 5.41) is 11.1. The lowest BCUT2D eigenvalue weighted by Crippen LogP contribution is -2.26. The number of aliphatic hydroxyl groups is 1. The molecule has 0 aliphatic carbocycles. The topological polar surface area (TPSA) is 58.6 Å². The summed E-state index contributed by atoms with van der Waals surface area (Å²) in [7, 11) is 0. The number of alkyl carbamates (subject to hydrolysis) is 1. The Morgan fingerprint density at radius 2 is 2.31 bits per heavy atom. The van der Waals surface area contributed by atoms with E-state index < -0.39 is 0 Å². The molecule has 0 rings (SSSR count). The molecule has 0 bridgehead atoms. The molecule has 5 heteroatoms. The summed E-state index contributed by atoms with van der Waals surface area (Å²) in [5.74, 6) is 1.52. The van der Waals surface area contributed by atoms with Crippen LogP contribution in [0.15, 0.2) is 0 Å². The van der Waals surface area contributed by atoms with E-state index in [1.807, 2.05) is 6.92 Å². The van der Waals surface area contributed by atoms with Crippen LogP contribution in [0.1, 0.15) is 13.3 Å². The average Bonchev–Trinajstić information content (AvgIpc) is 2.14. The molecule has 0 radical (unpaired) electrons. The summed E-state index contributed by atoms with van der Waals surface area (Å²) in [6.07, 6.45) is 0.485. The smallest absolute Gasteiger partial charge is 0.407 e. The number of carbonyl (C=O) groups excluding carboxylic acids is 1. The number of nitrogens with one attached hydrogen (secondary N) is 1. The van der Waals surface area contributed by atoms with E-state index in [1.165, 1.54) is 0 Å². The lowest BCUT2D eigenvalue weighted by molar-refractivity contribution is 0.147. The zero-order valence-electron chi connectivity index (χ0n) is 7.91. The van der Waals surface area contributed by atoms with Crippen LogP contribution in [0.4, 0.5) is 4.79 Å². The molecule has 0 spiro atoms. The molecule has 0 aromatic rings. The highest BCUT2D eigenvalue weighted by Crippen LogP contribution is 1.95. The molecular weight excluding hydrogens is 190 g/mol. The molecule has 0 saturated heterocycles. The monoisotopic (exact) mass is 207 g/mol. The van der Waals surface area contributed by atoms with Gasteiger partial charge < -0.3 is 15.2 Å². The van der Waals surface area contributed by atoms with Gasteiger partial charge in [0.1, 0.15) is 0 Å². The second-order valence-electron chi connectivity index (χ2n) is 2.40. The fourth-order valence-corrected chi connectivity index (χ4v) is 1.22. The maximum Gasteiger partial charge on any atom is 0.407 e. The summed E-state index contributed by atoms with van der Waals surface area (Å²) >= 11 is 1.60. The Balaban J connectivity index is 3.08. The van der Waals surface area contributed by atoms with E-state index in [4.69, 9.17) is 9.84 Å². The fraction of sp³-hybridized carbons (Fsp3) is 0.875. The van der Waals surface area contributed by atoms with E-state index >= 15 is 0 Å². The summed E-state index contributed by atoms with van der Waals surface area (Å²) < 4.78 is 4.79. The lowest BCUT2D eigenvalue weighted by atomic mass is 10.5. The van der Waals surface area contributed by atoms with Crippen LogP contribution in [0.2, 0.25) is 0 Å². The maximum absolute atomic E-state index is 10.8. The van der Waals surface area contributed by atoms with Crippen molar-refractivity contribution in [3.8, 4) is 0 Å². The van der Waals surface area contributed by atoms with Crippen LogP contribution in [-0.2, 0) is 4.74 Å². The molecule has 0 fully saturated rings. The molecule has 0 unspecified atom stereocenters. The van der Waals surface area contributed by atoms with Crippen molar-refractivity contribution >= 4 is 17.9 Å². The van der Waals surface area contributed by atoms with Crippen LogP contribution in [0.3, 0.4) is 0 Å². The number of hydrogen-bond acceptors (Lipinski definition) is 4. The first-order valence-corrected chi connectivity index (χ1v) is 5.56. The number of thioether (sulfide) groups is 1. The number of ether oxygens (including phenoxy) is 1. The van der Waals surface area contributed by atoms with Crippen LogP contribution in [-0.4, -0.2) is 42.5 Å². The van der Waals surface area contributed by atoms with Crippen molar-refractivity contribution in [1.29, 1.82) is 0 Å². The predicted octanol–water partition coefficient (Wildman–Crippen LogP) is 0.848. The van der Waals surface area contributed by atoms with Crippen molar-refractivity contribution in [2.45, 2.75) is 13.3 Å². The summed E-state index contributed by atoms with van der Waals surface area (Å²) in [5.41, 5.74) is 0. The number of hydrogen-bond donors (Lipinski definition) is 2. The zero-order chi connectivity index (χ0) is 9.94. The normalized spacial score (nSPS) is 9.69. The molecule has 78 valence electrons. The first kappa shape index (κ1) is 12.6. The Hall–Kier alpha value is -0.420. The SMILES string of the molecule is CCCOC(=O)NCCSCCO. The Labute approximate surface area is 83.0 Å². The Kier molecular flexibility index (Phi) is 9.35. The van der Waals surface area contributed by atoms with Gasteiger partial charge in [0.2, 0.25) is 0 Å². The molecule has 1 amide bonds. The van der Waals surface area contributed by atoms with Crippen LogP contribution >= 0.6 is 11.8 Å². The quantitative estimate of drug-likeness (QED) is 0.608. The molecule has 0 aliphatic heterocycles. The number of rotatable bonds is 7. The van der Waals surface area contributed by atoms with Crippen molar-refractivity contribution in [3.05, 3.63) is 0 Å². The van der Waals surface area contributed by atoms with Gasteiger partial charge in [0.05, 0.1) is 13.2 Å². The largest absolute Gasteiger partial charge is 0.450 e. The van der Waals surface area contributed by atoms with Gasteiger partial charge in [-0.2, -0.15) is 11.8 Å². The van der Waals surface area contributed by atoms with Crippen LogP contribution in [0, 0.1) is 0 Å². The third-order valence-corrected chi connectivity index (χ3v) is 2.15. The van der Waals surface area contributed by atoms with Gasteiger partial charge in [-0.3, -0.25) is 0 Å². The molecule has 0 aromatic carbocycles. The molecular formula is C8H17NO3S. The van der Waals surface area contributed by atoms with Crippen LogP contribution in [0.25, 0.3) is 0 Å². The fourth-order valence-electron chi connectivity index (χ4n) is 0.638. The molecule has 0 saturated carbocycles. The van der Waals surface area contributed by atoms with Crippen LogP contribution in [0.5, 0.6) is 0 Å². The Morgan fingerprint density at radius 3 is 2.92 bits per heavy atom. The van der Waals surface area contributed by atoms with Gasteiger partial charge in [-0.1, -0.05) is 6.92 Å². The first-order valence-electron chi connectivity index (χ1n) is 4.40. The first-order chi connectivity index (χ1) is 6.31. The highest BCUT2D eigenvalue weighted by Gasteiger charge is 1.98. The number of aliphatic hydroxyl groups excluding tert-OH is 1. The van der Waals surface area contributed by atoms with E-state index in [-0.39, 0.29) is 12.7 Å². The van der Waals surface area contributed by atoms with Crippen molar-refractivity contribution < 1.29 is 14.6 Å². The van der Waals surface area contributed by atoms with Crippen LogP contribution < -0.4 is 5.32 Å². The minimum Gasteiger partial charge on any atom is -0.450 e.